The van der Waals surface area contributed by atoms with Gasteiger partial charge in [0.2, 0.25) is 11.8 Å². The number of nitrogens with zero attached hydrogens (tertiary/aromatic N) is 2. The van der Waals surface area contributed by atoms with Crippen LogP contribution in [-0.2, 0) is 29.1 Å². The van der Waals surface area contributed by atoms with Gasteiger partial charge >= 0.3 is 5.97 Å². The van der Waals surface area contributed by atoms with Gasteiger partial charge in [-0.3, -0.25) is 14.6 Å². The summed E-state index contributed by atoms with van der Waals surface area (Å²) in [5.74, 6) is -0.225. The number of aliphatic hydroxyl groups excluding tert-OH is 1. The monoisotopic (exact) mass is 488 g/mol. The van der Waals surface area contributed by atoms with E-state index in [9.17, 15) is 9.90 Å². The van der Waals surface area contributed by atoms with Crippen LogP contribution in [0.5, 0.6) is 0 Å². The molecule has 0 aromatic rings. The zero-order valence-corrected chi connectivity index (χ0v) is 23.0. The average Bonchev–Trinajstić information content (AvgIpc) is 2.65. The van der Waals surface area contributed by atoms with Crippen molar-refractivity contribution in [1.82, 2.24) is 9.80 Å². The van der Waals surface area contributed by atoms with Gasteiger partial charge in [-0.15, -0.1) is 0 Å². The number of carbonyl (C=O) groups excluding carboxylic acids is 1. The van der Waals surface area contributed by atoms with Crippen LogP contribution in [0.1, 0.15) is 82.1 Å². The Labute approximate surface area is 206 Å². The highest BCUT2D eigenvalue weighted by atomic mass is 17.2. The first kappa shape index (κ1) is 32.2. The third kappa shape index (κ3) is 15.2. The fourth-order valence-corrected chi connectivity index (χ4v) is 2.66. The van der Waals surface area contributed by atoms with E-state index in [1.165, 1.54) is 4.90 Å². The SMILES string of the molecule is C=C(OOC(C)(C)C)N(C(=C)OOC(C)(C)C)C(CO)CN(CCCC)CC(=O)OC(C)(C)C. The molecule has 0 rings (SSSR count). The Morgan fingerprint density at radius 2 is 1.35 bits per heavy atom. The summed E-state index contributed by atoms with van der Waals surface area (Å²) < 4.78 is 5.49. The van der Waals surface area contributed by atoms with E-state index in [1.807, 2.05) is 67.2 Å². The molecule has 1 unspecified atom stereocenters. The molecule has 200 valence electrons. The summed E-state index contributed by atoms with van der Waals surface area (Å²) in [7, 11) is 0. The van der Waals surface area contributed by atoms with E-state index in [0.29, 0.717) is 6.54 Å². The van der Waals surface area contributed by atoms with Crippen molar-refractivity contribution < 1.29 is 34.2 Å². The van der Waals surface area contributed by atoms with Crippen molar-refractivity contribution in [2.75, 3.05) is 26.2 Å². The predicted molar refractivity (Wildman–Crippen MR) is 132 cm³/mol. The Bertz CT molecular complexity index is 615. The second-order valence-corrected chi connectivity index (χ2v) is 11.2. The van der Waals surface area contributed by atoms with Crippen molar-refractivity contribution >= 4 is 5.97 Å². The van der Waals surface area contributed by atoms with Crippen molar-refractivity contribution in [3.8, 4) is 0 Å². The van der Waals surface area contributed by atoms with Crippen molar-refractivity contribution in [2.24, 2.45) is 0 Å². The molecule has 1 N–H and O–H groups in total. The van der Waals surface area contributed by atoms with Gasteiger partial charge in [0.05, 0.1) is 19.2 Å². The number of rotatable bonds is 15. The summed E-state index contributed by atoms with van der Waals surface area (Å²) in [6.45, 7) is 27.1. The van der Waals surface area contributed by atoms with E-state index in [1.54, 1.807) is 0 Å². The number of hydrogen-bond donors (Lipinski definition) is 1. The second kappa shape index (κ2) is 13.9. The molecule has 9 nitrogen and oxygen atoms in total. The molecule has 0 aliphatic rings. The molecule has 0 aromatic heterocycles. The van der Waals surface area contributed by atoms with E-state index >= 15 is 0 Å². The van der Waals surface area contributed by atoms with E-state index < -0.39 is 22.8 Å². The number of esters is 1. The van der Waals surface area contributed by atoms with Crippen molar-refractivity contribution in [3.63, 3.8) is 0 Å². The predicted octanol–water partition coefficient (Wildman–Crippen LogP) is 4.53. The van der Waals surface area contributed by atoms with Gasteiger partial charge in [-0.25, -0.2) is 0 Å². The molecular formula is C25H48N2O7. The van der Waals surface area contributed by atoms with Crippen molar-refractivity contribution in [3.05, 3.63) is 24.9 Å². The van der Waals surface area contributed by atoms with Gasteiger partial charge in [0, 0.05) is 6.54 Å². The lowest BCUT2D eigenvalue weighted by Gasteiger charge is -2.36. The van der Waals surface area contributed by atoms with Gasteiger partial charge < -0.3 is 19.6 Å². The first-order valence-electron chi connectivity index (χ1n) is 11.8. The van der Waals surface area contributed by atoms with E-state index in [4.69, 9.17) is 24.3 Å². The highest BCUT2D eigenvalue weighted by Crippen LogP contribution is 2.23. The lowest BCUT2D eigenvalue weighted by Crippen LogP contribution is -2.48. The minimum absolute atomic E-state index is 0.0594. The highest BCUT2D eigenvalue weighted by molar-refractivity contribution is 5.72. The zero-order chi connectivity index (χ0) is 26.7. The van der Waals surface area contributed by atoms with Crippen LogP contribution in [0.4, 0.5) is 0 Å². The molecule has 0 radical (unpaired) electrons. The topological polar surface area (TPSA) is 89.9 Å². The summed E-state index contributed by atoms with van der Waals surface area (Å²) in [5, 5.41) is 10.3. The molecule has 0 aromatic carbocycles. The number of unbranched alkanes of at least 4 members (excludes halogenated alkanes) is 1. The number of aliphatic hydroxyl groups is 1. The fourth-order valence-electron chi connectivity index (χ4n) is 2.66. The third-order valence-electron chi connectivity index (χ3n) is 3.96. The van der Waals surface area contributed by atoms with Gasteiger partial charge in [0.1, 0.15) is 16.8 Å². The van der Waals surface area contributed by atoms with Gasteiger partial charge in [-0.2, -0.15) is 9.78 Å². The van der Waals surface area contributed by atoms with Crippen LogP contribution < -0.4 is 0 Å². The number of hydrogen-bond acceptors (Lipinski definition) is 9. The summed E-state index contributed by atoms with van der Waals surface area (Å²) in [5.41, 5.74) is -1.79. The standard InChI is InChI=1S/C25H48N2O7/c1-13-14-15-26(17-22(29)30-23(4,5)6)16-21(18-28)27(19(2)31-33-24(7,8)9)20(3)32-34-25(10,11)12/h21,28H,2-3,13-18H2,1,4-12H3. The van der Waals surface area contributed by atoms with E-state index in [2.05, 4.69) is 20.1 Å². The molecule has 0 amide bonds. The normalized spacial score (nSPS) is 13.4. The number of carbonyl (C=O) groups is 1. The Morgan fingerprint density at radius 1 is 0.882 bits per heavy atom. The zero-order valence-electron chi connectivity index (χ0n) is 23.0. The first-order chi connectivity index (χ1) is 15.4. The summed E-state index contributed by atoms with van der Waals surface area (Å²) in [6, 6.07) is -0.619. The van der Waals surface area contributed by atoms with Crippen molar-refractivity contribution in [1.29, 1.82) is 0 Å². The van der Waals surface area contributed by atoms with Crippen LogP contribution in [0.25, 0.3) is 0 Å². The summed E-state index contributed by atoms with van der Waals surface area (Å²) in [4.78, 5) is 37.5. The molecule has 0 saturated heterocycles. The lowest BCUT2D eigenvalue weighted by atomic mass is 10.2. The molecular weight excluding hydrogens is 440 g/mol. The highest BCUT2D eigenvalue weighted by Gasteiger charge is 2.30. The molecule has 1 atom stereocenters. The average molecular weight is 489 g/mol. The van der Waals surface area contributed by atoms with Gasteiger partial charge in [0.15, 0.2) is 0 Å². The lowest BCUT2D eigenvalue weighted by molar-refractivity contribution is -0.354. The summed E-state index contributed by atoms with van der Waals surface area (Å²) in [6.07, 6.45) is 1.82. The maximum atomic E-state index is 12.5. The van der Waals surface area contributed by atoms with Crippen LogP contribution in [0, 0.1) is 0 Å². The molecule has 34 heavy (non-hydrogen) atoms. The first-order valence-corrected chi connectivity index (χ1v) is 11.8. The van der Waals surface area contributed by atoms with Crippen LogP contribution >= 0.6 is 0 Å². The largest absolute Gasteiger partial charge is 0.459 e. The Hall–Kier alpha value is -1.81. The third-order valence-corrected chi connectivity index (χ3v) is 3.96. The van der Waals surface area contributed by atoms with Crippen LogP contribution in [0.15, 0.2) is 24.9 Å². The molecule has 9 heteroatoms. The summed E-state index contributed by atoms with van der Waals surface area (Å²) >= 11 is 0. The Morgan fingerprint density at radius 3 is 1.71 bits per heavy atom. The Kier molecular flexibility index (Phi) is 13.2. The minimum Gasteiger partial charge on any atom is -0.459 e. The van der Waals surface area contributed by atoms with Crippen LogP contribution in [0.3, 0.4) is 0 Å². The molecule has 0 bridgehead atoms. The van der Waals surface area contributed by atoms with Crippen LogP contribution in [-0.4, -0.2) is 70.0 Å². The fraction of sp³-hybridized carbons (Fsp3) is 0.800. The van der Waals surface area contributed by atoms with Gasteiger partial charge in [-0.1, -0.05) is 13.3 Å². The molecule has 0 saturated carbocycles. The van der Waals surface area contributed by atoms with Gasteiger partial charge in [-0.05, 0) is 88.4 Å². The molecule has 0 heterocycles. The van der Waals surface area contributed by atoms with Crippen molar-refractivity contribution in [2.45, 2.75) is 105 Å². The van der Waals surface area contributed by atoms with Gasteiger partial charge in [0.25, 0.3) is 0 Å². The molecule has 0 aliphatic heterocycles. The smallest absolute Gasteiger partial charge is 0.320 e. The molecule has 0 spiro atoms. The maximum absolute atomic E-state index is 12.5. The maximum Gasteiger partial charge on any atom is 0.320 e. The van der Waals surface area contributed by atoms with Crippen LogP contribution in [0.2, 0.25) is 0 Å². The van der Waals surface area contributed by atoms with E-state index in [0.717, 1.165) is 12.8 Å². The second-order valence-electron chi connectivity index (χ2n) is 11.2. The Balaban J connectivity index is 5.73. The number of ether oxygens (including phenoxy) is 1. The van der Waals surface area contributed by atoms with E-state index in [-0.39, 0.29) is 37.4 Å². The minimum atomic E-state index is -0.619. The molecule has 0 fully saturated rings. The quantitative estimate of drug-likeness (QED) is 0.154. The molecule has 0 aliphatic carbocycles.